The van der Waals surface area contributed by atoms with Crippen LogP contribution in [0.4, 0.5) is 0 Å². The highest BCUT2D eigenvalue weighted by Crippen LogP contribution is 2.38. The molecule has 1 aliphatic heterocycles. The summed E-state index contributed by atoms with van der Waals surface area (Å²) in [5.41, 5.74) is 2.05. The van der Waals surface area contributed by atoms with Crippen molar-refractivity contribution in [3.63, 3.8) is 0 Å². The molecule has 0 unspecified atom stereocenters. The van der Waals surface area contributed by atoms with Crippen LogP contribution in [0, 0.1) is 0 Å². The second-order valence-electron chi connectivity index (χ2n) is 3.01. The van der Waals surface area contributed by atoms with Crippen molar-refractivity contribution >= 4 is 0 Å². The fourth-order valence-corrected chi connectivity index (χ4v) is 1.65. The number of hydrogen-bond acceptors (Lipinski definition) is 2. The molecule has 2 nitrogen and oxygen atoms in total. The Hall–Kier alpha value is -0.860. The highest BCUT2D eigenvalue weighted by Gasteiger charge is 2.28. The summed E-state index contributed by atoms with van der Waals surface area (Å²) in [5.74, 6) is 0. The van der Waals surface area contributed by atoms with E-state index in [1.54, 1.807) is 0 Å². The third kappa shape index (κ3) is 1.04. The third-order valence-corrected chi connectivity index (χ3v) is 2.27. The van der Waals surface area contributed by atoms with Gasteiger partial charge in [0, 0.05) is 5.56 Å². The molecule has 2 atom stereocenters. The first-order valence-electron chi connectivity index (χ1n) is 4.25. The fraction of sp³-hybridized carbons (Fsp3) is 0.400. The predicted octanol–water partition coefficient (Wildman–Crippen LogP) is 2.16. The summed E-state index contributed by atoms with van der Waals surface area (Å²) in [7, 11) is 0. The van der Waals surface area contributed by atoms with Crippen molar-refractivity contribution in [2.24, 2.45) is 0 Å². The Bertz CT molecular complexity index is 283. The molecule has 0 saturated heterocycles. The summed E-state index contributed by atoms with van der Waals surface area (Å²) in [6, 6.07) is 7.82. The summed E-state index contributed by atoms with van der Waals surface area (Å²) < 4.78 is 5.34. The summed E-state index contributed by atoms with van der Waals surface area (Å²) in [6.07, 6.45) is 0.274. The molecule has 0 aliphatic carbocycles. The van der Waals surface area contributed by atoms with Gasteiger partial charge in [-0.15, -0.1) is 0 Å². The van der Waals surface area contributed by atoms with Gasteiger partial charge in [-0.3, -0.25) is 0 Å². The van der Waals surface area contributed by atoms with Gasteiger partial charge in [0.2, 0.25) is 0 Å². The molecule has 2 heteroatoms. The van der Waals surface area contributed by atoms with Crippen LogP contribution in [0.2, 0.25) is 0 Å². The zero-order chi connectivity index (χ0) is 8.55. The second kappa shape index (κ2) is 2.88. The van der Waals surface area contributed by atoms with Crippen molar-refractivity contribution in [1.82, 2.24) is 0 Å². The number of rotatable bonds is 1. The molecule has 0 spiro atoms. The molecule has 0 saturated carbocycles. The predicted molar refractivity (Wildman–Crippen MR) is 45.5 cm³/mol. The van der Waals surface area contributed by atoms with E-state index in [1.807, 2.05) is 24.3 Å². The van der Waals surface area contributed by atoms with E-state index in [0.717, 1.165) is 17.5 Å². The molecule has 1 aromatic rings. The smallest absolute Gasteiger partial charge is 0.182 e. The third-order valence-electron chi connectivity index (χ3n) is 2.27. The van der Waals surface area contributed by atoms with E-state index in [2.05, 4.69) is 6.92 Å². The van der Waals surface area contributed by atoms with Crippen LogP contribution >= 0.6 is 0 Å². The second-order valence-corrected chi connectivity index (χ2v) is 3.01. The van der Waals surface area contributed by atoms with Crippen LogP contribution in [-0.4, -0.2) is 5.11 Å². The van der Waals surface area contributed by atoms with Gasteiger partial charge < -0.3 is 9.84 Å². The van der Waals surface area contributed by atoms with E-state index in [1.165, 1.54) is 0 Å². The molecule has 0 fully saturated rings. The van der Waals surface area contributed by atoms with Gasteiger partial charge in [-0.25, -0.2) is 0 Å². The van der Waals surface area contributed by atoms with Crippen molar-refractivity contribution in [1.29, 1.82) is 0 Å². The summed E-state index contributed by atoms with van der Waals surface area (Å²) in [6.45, 7) is 2.06. The van der Waals surface area contributed by atoms with Crippen LogP contribution in [0.5, 0.6) is 0 Å². The Kier molecular flexibility index (Phi) is 1.87. The average molecular weight is 164 g/mol. The van der Waals surface area contributed by atoms with Crippen LogP contribution in [-0.2, 0) is 4.74 Å². The average Bonchev–Trinajstić information content (AvgIpc) is 2.44. The van der Waals surface area contributed by atoms with Crippen LogP contribution in [0.3, 0.4) is 0 Å². The molecular weight excluding hydrogens is 152 g/mol. The number of ether oxygens (including phenoxy) is 1. The zero-order valence-electron chi connectivity index (χ0n) is 7.03. The lowest BCUT2D eigenvalue weighted by molar-refractivity contribution is -0.121. The van der Waals surface area contributed by atoms with Gasteiger partial charge in [-0.2, -0.15) is 0 Å². The Morgan fingerprint density at radius 2 is 2.00 bits per heavy atom. The first kappa shape index (κ1) is 7.77. The Morgan fingerprint density at radius 1 is 1.33 bits per heavy atom. The Morgan fingerprint density at radius 3 is 2.67 bits per heavy atom. The minimum absolute atomic E-state index is 0.0798. The maximum Gasteiger partial charge on any atom is 0.182 e. The number of benzene rings is 1. The van der Waals surface area contributed by atoms with Gasteiger partial charge in [0.1, 0.15) is 0 Å². The maximum absolute atomic E-state index is 9.46. The van der Waals surface area contributed by atoms with Crippen LogP contribution < -0.4 is 0 Å². The standard InChI is InChI=1S/C10H12O2/c1-2-9-7-5-3-4-6-8(7)10(11)12-9/h3-6,9-11H,2H2,1H3/t9-,10-/m1/s1. The van der Waals surface area contributed by atoms with Gasteiger partial charge in [0.25, 0.3) is 0 Å². The monoisotopic (exact) mass is 164 g/mol. The molecule has 1 aliphatic rings. The lowest BCUT2D eigenvalue weighted by Crippen LogP contribution is -1.95. The molecule has 0 radical (unpaired) electrons. The molecule has 0 bridgehead atoms. The van der Waals surface area contributed by atoms with Gasteiger partial charge >= 0.3 is 0 Å². The molecule has 0 aromatic heterocycles. The van der Waals surface area contributed by atoms with E-state index >= 15 is 0 Å². The number of aliphatic hydroxyl groups excluding tert-OH is 1. The molecule has 1 N–H and O–H groups in total. The van der Waals surface area contributed by atoms with Crippen molar-refractivity contribution in [2.75, 3.05) is 0 Å². The highest BCUT2D eigenvalue weighted by atomic mass is 16.6. The molecule has 0 amide bonds. The number of fused-ring (bicyclic) bond motifs is 1. The van der Waals surface area contributed by atoms with Crippen LogP contribution in [0.25, 0.3) is 0 Å². The van der Waals surface area contributed by atoms with Crippen molar-refractivity contribution in [3.05, 3.63) is 35.4 Å². The van der Waals surface area contributed by atoms with E-state index in [-0.39, 0.29) is 6.10 Å². The van der Waals surface area contributed by atoms with Crippen molar-refractivity contribution < 1.29 is 9.84 Å². The van der Waals surface area contributed by atoms with E-state index in [9.17, 15) is 5.11 Å². The number of hydrogen-bond donors (Lipinski definition) is 1. The van der Waals surface area contributed by atoms with E-state index in [4.69, 9.17) is 4.74 Å². The summed E-state index contributed by atoms with van der Waals surface area (Å²) >= 11 is 0. The lowest BCUT2D eigenvalue weighted by atomic mass is 10.0. The quantitative estimate of drug-likeness (QED) is 0.689. The summed E-state index contributed by atoms with van der Waals surface area (Å²) in [4.78, 5) is 0. The highest BCUT2D eigenvalue weighted by molar-refractivity contribution is 5.32. The molecular formula is C10H12O2. The molecule has 64 valence electrons. The Labute approximate surface area is 71.8 Å². The fourth-order valence-electron chi connectivity index (χ4n) is 1.65. The van der Waals surface area contributed by atoms with Crippen molar-refractivity contribution in [3.8, 4) is 0 Å². The van der Waals surface area contributed by atoms with Crippen LogP contribution in [0.15, 0.2) is 24.3 Å². The zero-order valence-corrected chi connectivity index (χ0v) is 7.03. The largest absolute Gasteiger partial charge is 0.364 e. The molecule has 12 heavy (non-hydrogen) atoms. The normalized spacial score (nSPS) is 27.2. The minimum Gasteiger partial charge on any atom is -0.364 e. The topological polar surface area (TPSA) is 29.5 Å². The molecule has 1 aromatic carbocycles. The lowest BCUT2D eigenvalue weighted by Gasteiger charge is -2.06. The van der Waals surface area contributed by atoms with Gasteiger partial charge in [-0.1, -0.05) is 31.2 Å². The molecule has 2 rings (SSSR count). The first-order chi connectivity index (χ1) is 5.83. The van der Waals surface area contributed by atoms with Gasteiger partial charge in [0.15, 0.2) is 6.29 Å². The van der Waals surface area contributed by atoms with Gasteiger partial charge in [0.05, 0.1) is 6.10 Å². The minimum atomic E-state index is -0.717. The van der Waals surface area contributed by atoms with Crippen LogP contribution in [0.1, 0.15) is 36.9 Å². The Balaban J connectivity index is 2.43. The van der Waals surface area contributed by atoms with Gasteiger partial charge in [-0.05, 0) is 12.0 Å². The number of aliphatic hydroxyl groups is 1. The van der Waals surface area contributed by atoms with Crippen molar-refractivity contribution in [2.45, 2.75) is 25.7 Å². The SMILES string of the molecule is CC[C@H]1O[C@@H](O)c2ccccc21. The molecule has 1 heterocycles. The van der Waals surface area contributed by atoms with E-state index < -0.39 is 6.29 Å². The maximum atomic E-state index is 9.46. The summed E-state index contributed by atoms with van der Waals surface area (Å²) in [5, 5.41) is 9.46. The van der Waals surface area contributed by atoms with E-state index in [0.29, 0.717) is 0 Å². The first-order valence-corrected chi connectivity index (χ1v) is 4.25.